The molecule has 0 atom stereocenters. The minimum absolute atomic E-state index is 0.0119. The van der Waals surface area contributed by atoms with Gasteiger partial charge in [-0.1, -0.05) is 12.1 Å². The van der Waals surface area contributed by atoms with Crippen LogP contribution in [0.15, 0.2) is 40.9 Å². The predicted molar refractivity (Wildman–Crippen MR) is 75.2 cm³/mol. The molecule has 0 fully saturated rings. The van der Waals surface area contributed by atoms with E-state index in [1.54, 1.807) is 6.07 Å². The maximum absolute atomic E-state index is 13.6. The Hall–Kier alpha value is -1.99. The number of nitrogens with two attached hydrogens (primary N) is 1. The molecule has 0 aliphatic carbocycles. The van der Waals surface area contributed by atoms with E-state index in [9.17, 15) is 14.5 Å². The molecule has 0 saturated heterocycles. The minimum atomic E-state index is -0.568. The summed E-state index contributed by atoms with van der Waals surface area (Å²) >= 11 is 3.18. The van der Waals surface area contributed by atoms with Gasteiger partial charge in [0, 0.05) is 18.2 Å². The lowest BCUT2D eigenvalue weighted by Crippen LogP contribution is -2.03. The van der Waals surface area contributed by atoms with E-state index in [4.69, 9.17) is 10.5 Å². The van der Waals surface area contributed by atoms with E-state index in [1.165, 1.54) is 30.3 Å². The van der Waals surface area contributed by atoms with Gasteiger partial charge in [-0.2, -0.15) is 0 Å². The van der Waals surface area contributed by atoms with Crippen molar-refractivity contribution in [3.8, 4) is 11.5 Å². The number of benzene rings is 2. The largest absolute Gasteiger partial charge is 0.448 e. The number of halogens is 2. The van der Waals surface area contributed by atoms with Gasteiger partial charge in [0.1, 0.15) is 11.6 Å². The number of rotatable bonds is 4. The standard InChI is InChI=1S/C13H10BrFN2O3/c14-9-3-1-5-11(17(18)19)13(9)20-12-6-2-4-10(15)8(12)7-16/h1-6H,7,16H2. The van der Waals surface area contributed by atoms with E-state index < -0.39 is 10.7 Å². The fourth-order valence-electron chi connectivity index (χ4n) is 1.68. The first kappa shape index (κ1) is 14.4. The van der Waals surface area contributed by atoms with Crippen LogP contribution < -0.4 is 10.5 Å². The van der Waals surface area contributed by atoms with Gasteiger partial charge in [-0.25, -0.2) is 4.39 Å². The number of ether oxygens (including phenoxy) is 1. The smallest absolute Gasteiger partial charge is 0.312 e. The molecule has 7 heteroatoms. The number of nitro benzene ring substituents is 1. The van der Waals surface area contributed by atoms with Crippen LogP contribution in [0.5, 0.6) is 11.5 Å². The van der Waals surface area contributed by atoms with Crippen molar-refractivity contribution in [1.82, 2.24) is 0 Å². The van der Waals surface area contributed by atoms with E-state index in [1.807, 2.05) is 0 Å². The molecule has 2 N–H and O–H groups in total. The third-order valence-electron chi connectivity index (χ3n) is 2.63. The van der Waals surface area contributed by atoms with Gasteiger partial charge < -0.3 is 10.5 Å². The minimum Gasteiger partial charge on any atom is -0.448 e. The molecular weight excluding hydrogens is 331 g/mol. The lowest BCUT2D eigenvalue weighted by molar-refractivity contribution is -0.385. The SMILES string of the molecule is NCc1c(F)cccc1Oc1c(Br)cccc1[N+](=O)[O-]. The van der Waals surface area contributed by atoms with Crippen molar-refractivity contribution < 1.29 is 14.1 Å². The fourth-order valence-corrected chi connectivity index (χ4v) is 2.12. The van der Waals surface area contributed by atoms with Crippen molar-refractivity contribution in [3.63, 3.8) is 0 Å². The lowest BCUT2D eigenvalue weighted by Gasteiger charge is -2.12. The Morgan fingerprint density at radius 2 is 2.00 bits per heavy atom. The molecule has 0 aliphatic heterocycles. The van der Waals surface area contributed by atoms with Crippen LogP contribution >= 0.6 is 15.9 Å². The summed E-state index contributed by atoms with van der Waals surface area (Å²) in [6, 6.07) is 8.64. The topological polar surface area (TPSA) is 78.4 Å². The van der Waals surface area contributed by atoms with Crippen LogP contribution in [-0.4, -0.2) is 4.92 Å². The summed E-state index contributed by atoms with van der Waals surface area (Å²) in [4.78, 5) is 10.4. The number of para-hydroxylation sites is 1. The number of nitro groups is 1. The van der Waals surface area contributed by atoms with Gasteiger partial charge in [0.05, 0.1) is 9.40 Å². The Bertz CT molecular complexity index is 664. The Morgan fingerprint density at radius 1 is 1.30 bits per heavy atom. The van der Waals surface area contributed by atoms with Crippen LogP contribution in [0.4, 0.5) is 10.1 Å². The molecule has 2 aromatic carbocycles. The van der Waals surface area contributed by atoms with Gasteiger partial charge in [-0.3, -0.25) is 10.1 Å². The highest BCUT2D eigenvalue weighted by Crippen LogP contribution is 2.39. The van der Waals surface area contributed by atoms with Crippen LogP contribution in [0.1, 0.15) is 5.56 Å². The zero-order valence-corrected chi connectivity index (χ0v) is 11.8. The quantitative estimate of drug-likeness (QED) is 0.679. The third kappa shape index (κ3) is 2.78. The first-order valence-electron chi connectivity index (χ1n) is 5.62. The number of hydrogen-bond acceptors (Lipinski definition) is 4. The van der Waals surface area contributed by atoms with E-state index >= 15 is 0 Å². The number of nitrogens with zero attached hydrogens (tertiary/aromatic N) is 1. The second kappa shape index (κ2) is 5.98. The van der Waals surface area contributed by atoms with E-state index in [0.717, 1.165) is 0 Å². The second-order valence-electron chi connectivity index (χ2n) is 3.87. The maximum atomic E-state index is 13.6. The molecule has 0 amide bonds. The summed E-state index contributed by atoms with van der Waals surface area (Å²) in [5, 5.41) is 11.0. The van der Waals surface area contributed by atoms with Gasteiger partial charge >= 0.3 is 5.69 Å². The van der Waals surface area contributed by atoms with Gasteiger partial charge in [0.2, 0.25) is 5.75 Å². The Balaban J connectivity index is 2.50. The molecule has 0 spiro atoms. The molecule has 2 aromatic rings. The van der Waals surface area contributed by atoms with Crippen LogP contribution in [0, 0.1) is 15.9 Å². The summed E-state index contributed by atoms with van der Waals surface area (Å²) in [6.07, 6.45) is 0. The molecule has 0 heterocycles. The average Bonchev–Trinajstić information content (AvgIpc) is 2.41. The molecule has 0 radical (unpaired) electrons. The first-order valence-corrected chi connectivity index (χ1v) is 6.42. The van der Waals surface area contributed by atoms with Crippen molar-refractivity contribution >= 4 is 21.6 Å². The number of hydrogen-bond donors (Lipinski definition) is 1. The van der Waals surface area contributed by atoms with Gasteiger partial charge in [-0.15, -0.1) is 0 Å². The van der Waals surface area contributed by atoms with Crippen molar-refractivity contribution in [2.24, 2.45) is 5.73 Å². The summed E-state index contributed by atoms with van der Waals surface area (Å²) in [5.41, 5.74) is 5.42. The van der Waals surface area contributed by atoms with Crippen LogP contribution in [0.2, 0.25) is 0 Å². The van der Waals surface area contributed by atoms with Crippen molar-refractivity contribution in [3.05, 3.63) is 62.4 Å². The Kier molecular flexibility index (Phi) is 4.31. The van der Waals surface area contributed by atoms with Crippen LogP contribution in [0.3, 0.4) is 0 Å². The van der Waals surface area contributed by atoms with E-state index in [2.05, 4.69) is 15.9 Å². The van der Waals surface area contributed by atoms with Crippen LogP contribution in [-0.2, 0) is 6.54 Å². The van der Waals surface area contributed by atoms with Crippen molar-refractivity contribution in [1.29, 1.82) is 0 Å². The fraction of sp³-hybridized carbons (Fsp3) is 0.0769. The Labute approximate surface area is 122 Å². The molecule has 0 aliphatic rings. The van der Waals surface area contributed by atoms with E-state index in [0.29, 0.717) is 4.47 Å². The molecule has 0 aromatic heterocycles. The maximum Gasteiger partial charge on any atom is 0.312 e. The normalized spacial score (nSPS) is 10.3. The average molecular weight is 341 g/mol. The summed E-state index contributed by atoms with van der Waals surface area (Å²) in [7, 11) is 0. The highest BCUT2D eigenvalue weighted by atomic mass is 79.9. The third-order valence-corrected chi connectivity index (χ3v) is 3.26. The molecule has 0 saturated carbocycles. The summed E-state index contributed by atoms with van der Waals surface area (Å²) in [5.74, 6) is -0.347. The molecule has 5 nitrogen and oxygen atoms in total. The van der Waals surface area contributed by atoms with Gasteiger partial charge in [-0.05, 0) is 34.1 Å². The molecule has 104 valence electrons. The highest BCUT2D eigenvalue weighted by molar-refractivity contribution is 9.10. The molecule has 0 unspecified atom stereocenters. The van der Waals surface area contributed by atoms with Crippen molar-refractivity contribution in [2.75, 3.05) is 0 Å². The molecular formula is C13H10BrFN2O3. The molecule has 0 bridgehead atoms. The predicted octanol–water partition coefficient (Wildman–Crippen LogP) is 3.75. The van der Waals surface area contributed by atoms with E-state index in [-0.39, 0.29) is 29.3 Å². The van der Waals surface area contributed by atoms with Gasteiger partial charge in [0.15, 0.2) is 0 Å². The highest BCUT2D eigenvalue weighted by Gasteiger charge is 2.20. The summed E-state index contributed by atoms with van der Waals surface area (Å²) < 4.78 is 19.5. The molecule has 20 heavy (non-hydrogen) atoms. The Morgan fingerprint density at radius 3 is 2.65 bits per heavy atom. The zero-order valence-electron chi connectivity index (χ0n) is 10.2. The second-order valence-corrected chi connectivity index (χ2v) is 4.72. The van der Waals surface area contributed by atoms with Gasteiger partial charge in [0.25, 0.3) is 0 Å². The van der Waals surface area contributed by atoms with Crippen LogP contribution in [0.25, 0.3) is 0 Å². The van der Waals surface area contributed by atoms with Crippen molar-refractivity contribution in [2.45, 2.75) is 6.54 Å². The molecule has 2 rings (SSSR count). The zero-order chi connectivity index (χ0) is 14.7. The monoisotopic (exact) mass is 340 g/mol. The summed E-state index contributed by atoms with van der Waals surface area (Å²) in [6.45, 7) is -0.0692. The first-order chi connectivity index (χ1) is 9.54. The lowest BCUT2D eigenvalue weighted by atomic mass is 10.2.